The monoisotopic (exact) mass is 384 g/mol. The van der Waals surface area contributed by atoms with Gasteiger partial charge in [-0.15, -0.1) is 11.3 Å². The maximum atomic E-state index is 12.0. The van der Waals surface area contributed by atoms with Crippen molar-refractivity contribution >= 4 is 48.9 Å². The molecule has 0 unspecified atom stereocenters. The molecule has 0 aliphatic heterocycles. The fraction of sp³-hybridized carbons (Fsp3) is 0.300. The van der Waals surface area contributed by atoms with Gasteiger partial charge in [-0.3, -0.25) is 0 Å². The van der Waals surface area contributed by atoms with Gasteiger partial charge in [-0.1, -0.05) is 11.6 Å². The molecule has 104 valence electrons. The van der Waals surface area contributed by atoms with Gasteiger partial charge in [0.2, 0.25) is 5.89 Å². The molecule has 0 amide bonds. The lowest BCUT2D eigenvalue weighted by Gasteiger charge is -2.01. The van der Waals surface area contributed by atoms with Gasteiger partial charge >= 0.3 is 0 Å². The topological polar surface area (TPSA) is 72.2 Å². The Labute approximate surface area is 128 Å². The number of aromatic nitrogens is 1. The van der Waals surface area contributed by atoms with E-state index in [-0.39, 0.29) is 10.8 Å². The van der Waals surface area contributed by atoms with Crippen LogP contribution in [0.2, 0.25) is 5.02 Å². The van der Waals surface area contributed by atoms with Crippen LogP contribution in [0.1, 0.15) is 17.3 Å². The lowest BCUT2D eigenvalue weighted by atomic mass is 10.4. The molecule has 5 nitrogen and oxygen atoms in total. The van der Waals surface area contributed by atoms with E-state index in [0.717, 1.165) is 17.0 Å². The lowest BCUT2D eigenvalue weighted by Crippen LogP contribution is -2.22. The van der Waals surface area contributed by atoms with Crippen LogP contribution in [0.3, 0.4) is 0 Å². The minimum absolute atomic E-state index is 0.00412. The molecule has 0 saturated carbocycles. The number of sulfonamides is 1. The van der Waals surface area contributed by atoms with Crippen molar-refractivity contribution in [3.8, 4) is 0 Å². The molecule has 2 heterocycles. The van der Waals surface area contributed by atoms with E-state index in [2.05, 4.69) is 25.6 Å². The zero-order valence-corrected chi connectivity index (χ0v) is 14.0. The summed E-state index contributed by atoms with van der Waals surface area (Å²) in [6, 6.07) is 1.39. The predicted octanol–water partition coefficient (Wildman–Crippen LogP) is 3.25. The van der Waals surface area contributed by atoms with Crippen molar-refractivity contribution in [3.63, 3.8) is 0 Å². The van der Waals surface area contributed by atoms with Crippen LogP contribution < -0.4 is 4.72 Å². The molecule has 2 aromatic rings. The van der Waals surface area contributed by atoms with Crippen molar-refractivity contribution in [1.82, 2.24) is 9.71 Å². The highest BCUT2D eigenvalue weighted by Gasteiger charge is 2.19. The number of halogens is 2. The van der Waals surface area contributed by atoms with Gasteiger partial charge in [0.25, 0.3) is 10.0 Å². The molecule has 0 saturated heterocycles. The molecule has 2 aromatic heterocycles. The summed E-state index contributed by atoms with van der Waals surface area (Å²) in [6.07, 6.45) is 0. The second-order valence-electron chi connectivity index (χ2n) is 3.76. The Kier molecular flexibility index (Phi) is 4.36. The van der Waals surface area contributed by atoms with Gasteiger partial charge in [0.1, 0.15) is 9.97 Å². The van der Waals surface area contributed by atoms with Crippen LogP contribution in [0.4, 0.5) is 0 Å². The summed E-state index contributed by atoms with van der Waals surface area (Å²) < 4.78 is 32.5. The first-order chi connectivity index (χ1) is 8.79. The molecule has 0 aliphatic carbocycles. The molecule has 0 bridgehead atoms. The van der Waals surface area contributed by atoms with Crippen molar-refractivity contribution in [2.24, 2.45) is 0 Å². The fourth-order valence-electron chi connectivity index (χ4n) is 1.30. The Morgan fingerprint density at radius 1 is 1.53 bits per heavy atom. The van der Waals surface area contributed by atoms with Crippen LogP contribution >= 0.6 is 38.9 Å². The summed E-state index contributed by atoms with van der Waals surface area (Å²) in [5.41, 5.74) is 0.746. The van der Waals surface area contributed by atoms with Gasteiger partial charge < -0.3 is 4.42 Å². The zero-order valence-electron chi connectivity index (χ0n) is 10.0. The van der Waals surface area contributed by atoms with Crippen molar-refractivity contribution in [1.29, 1.82) is 0 Å². The fourth-order valence-corrected chi connectivity index (χ4v) is 4.72. The molecule has 0 fully saturated rings. The van der Waals surface area contributed by atoms with Crippen LogP contribution in [0.15, 0.2) is 18.5 Å². The third kappa shape index (κ3) is 3.38. The quantitative estimate of drug-likeness (QED) is 0.877. The van der Waals surface area contributed by atoms with E-state index in [9.17, 15) is 8.42 Å². The first-order valence-corrected chi connectivity index (χ1v) is 8.64. The van der Waals surface area contributed by atoms with Crippen molar-refractivity contribution in [2.45, 2.75) is 24.6 Å². The van der Waals surface area contributed by atoms with E-state index in [0.29, 0.717) is 20.5 Å². The van der Waals surface area contributed by atoms with Crippen LogP contribution in [0, 0.1) is 13.8 Å². The SMILES string of the molecule is Cc1nc(CNS(=O)(=O)c2cc(Cl)c(Br)s2)oc1C. The van der Waals surface area contributed by atoms with E-state index in [1.54, 1.807) is 13.8 Å². The van der Waals surface area contributed by atoms with E-state index >= 15 is 0 Å². The number of nitrogens with one attached hydrogen (secondary N) is 1. The summed E-state index contributed by atoms with van der Waals surface area (Å²) in [4.78, 5) is 4.10. The summed E-state index contributed by atoms with van der Waals surface area (Å²) in [7, 11) is -3.61. The molecule has 9 heteroatoms. The Balaban J connectivity index is 2.14. The molecule has 0 radical (unpaired) electrons. The molecular formula is C10H10BrClN2O3S2. The summed E-state index contributed by atoms with van der Waals surface area (Å²) in [6.45, 7) is 3.58. The number of thiophene rings is 1. The van der Waals surface area contributed by atoms with Gasteiger partial charge in [-0.25, -0.2) is 18.1 Å². The van der Waals surface area contributed by atoms with Gasteiger partial charge in [-0.05, 0) is 35.8 Å². The van der Waals surface area contributed by atoms with Crippen molar-refractivity contribution < 1.29 is 12.8 Å². The average Bonchev–Trinajstić information content (AvgIpc) is 2.82. The first-order valence-electron chi connectivity index (χ1n) is 5.17. The Morgan fingerprint density at radius 2 is 2.21 bits per heavy atom. The number of rotatable bonds is 4. The number of oxazole rings is 1. The molecular weight excluding hydrogens is 376 g/mol. The maximum Gasteiger partial charge on any atom is 0.250 e. The smallest absolute Gasteiger partial charge is 0.250 e. The standard InChI is InChI=1S/C10H10BrClN2O3S2/c1-5-6(2)17-8(14-5)4-13-19(15,16)9-3-7(12)10(11)18-9/h3,13H,4H2,1-2H3. The van der Waals surface area contributed by atoms with Crippen LogP contribution in [0.5, 0.6) is 0 Å². The van der Waals surface area contributed by atoms with Gasteiger partial charge in [-0.2, -0.15) is 0 Å². The minimum Gasteiger partial charge on any atom is -0.444 e. The molecule has 19 heavy (non-hydrogen) atoms. The highest BCUT2D eigenvalue weighted by atomic mass is 79.9. The second kappa shape index (κ2) is 5.53. The normalized spacial score (nSPS) is 12.0. The molecule has 2 rings (SSSR count). The van der Waals surface area contributed by atoms with Gasteiger partial charge in [0.05, 0.1) is 21.0 Å². The number of nitrogens with zero attached hydrogens (tertiary/aromatic N) is 1. The first kappa shape index (κ1) is 15.0. The summed E-state index contributed by atoms with van der Waals surface area (Å²) in [5, 5.41) is 0.369. The van der Waals surface area contributed by atoms with E-state index in [4.69, 9.17) is 16.0 Å². The van der Waals surface area contributed by atoms with Crippen molar-refractivity contribution in [3.05, 3.63) is 32.2 Å². The largest absolute Gasteiger partial charge is 0.444 e. The maximum absolute atomic E-state index is 12.0. The van der Waals surface area contributed by atoms with E-state index in [1.807, 2.05) is 0 Å². The number of hydrogen-bond donors (Lipinski definition) is 1. The third-order valence-electron chi connectivity index (χ3n) is 2.37. The second-order valence-corrected chi connectivity index (χ2v) is 8.53. The molecule has 0 aromatic carbocycles. The van der Waals surface area contributed by atoms with Gasteiger partial charge in [0.15, 0.2) is 0 Å². The van der Waals surface area contributed by atoms with Crippen LogP contribution in [-0.4, -0.2) is 13.4 Å². The Bertz CT molecular complexity index is 669. The van der Waals surface area contributed by atoms with Crippen LogP contribution in [-0.2, 0) is 16.6 Å². The van der Waals surface area contributed by atoms with Crippen LogP contribution in [0.25, 0.3) is 0 Å². The van der Waals surface area contributed by atoms with Gasteiger partial charge in [0, 0.05) is 0 Å². The predicted molar refractivity (Wildman–Crippen MR) is 77.0 cm³/mol. The van der Waals surface area contributed by atoms with E-state index < -0.39 is 10.0 Å². The molecule has 0 spiro atoms. The zero-order chi connectivity index (χ0) is 14.2. The average molecular weight is 386 g/mol. The Hall–Kier alpha value is -0.410. The highest BCUT2D eigenvalue weighted by Crippen LogP contribution is 2.34. The molecule has 0 atom stereocenters. The molecule has 0 aliphatic rings. The van der Waals surface area contributed by atoms with Crippen molar-refractivity contribution in [2.75, 3.05) is 0 Å². The number of aryl methyl sites for hydroxylation is 2. The minimum atomic E-state index is -3.61. The highest BCUT2D eigenvalue weighted by molar-refractivity contribution is 9.11. The van der Waals surface area contributed by atoms with E-state index in [1.165, 1.54) is 6.07 Å². The Morgan fingerprint density at radius 3 is 2.68 bits per heavy atom. The third-order valence-corrected chi connectivity index (χ3v) is 6.72. The summed E-state index contributed by atoms with van der Waals surface area (Å²) in [5.74, 6) is 1.01. The lowest BCUT2D eigenvalue weighted by molar-refractivity contribution is 0.463. The molecule has 1 N–H and O–H groups in total. The number of hydrogen-bond acceptors (Lipinski definition) is 5. The summed E-state index contributed by atoms with van der Waals surface area (Å²) >= 11 is 10.0.